The van der Waals surface area contributed by atoms with Gasteiger partial charge >= 0.3 is 12.0 Å². The van der Waals surface area contributed by atoms with Crippen LogP contribution >= 0.6 is 0 Å². The molecule has 0 spiro atoms. The minimum Gasteiger partial charge on any atom is -0.481 e. The molecule has 0 saturated carbocycles. The Labute approximate surface area is 94.3 Å². The van der Waals surface area contributed by atoms with Crippen LogP contribution in [-0.2, 0) is 4.79 Å². The Kier molecular flexibility index (Phi) is 3.12. The van der Waals surface area contributed by atoms with E-state index in [2.05, 4.69) is 6.08 Å². The van der Waals surface area contributed by atoms with Gasteiger partial charge in [0.2, 0.25) is 0 Å². The molecule has 0 bridgehead atoms. The van der Waals surface area contributed by atoms with Gasteiger partial charge in [0.05, 0.1) is 5.92 Å². The van der Waals surface area contributed by atoms with Crippen molar-refractivity contribution in [2.45, 2.75) is 12.8 Å². The van der Waals surface area contributed by atoms with Gasteiger partial charge in [-0.1, -0.05) is 12.2 Å². The van der Waals surface area contributed by atoms with Gasteiger partial charge in [-0.3, -0.25) is 4.79 Å². The zero-order chi connectivity index (χ0) is 11.5. The SMILES string of the molecule is O=C(O)C1CCN(C(=O)N2CC=CCC2)C1. The number of carbonyl (C=O) groups is 2. The second-order valence-electron chi connectivity index (χ2n) is 4.26. The van der Waals surface area contributed by atoms with Crippen molar-refractivity contribution in [3.63, 3.8) is 0 Å². The first kappa shape index (κ1) is 11.0. The van der Waals surface area contributed by atoms with Crippen LogP contribution in [0.5, 0.6) is 0 Å². The Morgan fingerprint density at radius 1 is 1.19 bits per heavy atom. The summed E-state index contributed by atoms with van der Waals surface area (Å²) in [5, 5.41) is 8.86. The summed E-state index contributed by atoms with van der Waals surface area (Å²) in [6.07, 6.45) is 5.51. The standard InChI is InChI=1S/C11H16N2O3/c14-10(15)9-4-7-13(8-9)11(16)12-5-2-1-3-6-12/h1-2,9H,3-8H2,(H,14,15). The lowest BCUT2D eigenvalue weighted by Crippen LogP contribution is -2.43. The summed E-state index contributed by atoms with van der Waals surface area (Å²) in [5.74, 6) is -1.18. The van der Waals surface area contributed by atoms with Gasteiger partial charge in [0, 0.05) is 26.2 Å². The van der Waals surface area contributed by atoms with E-state index in [0.717, 1.165) is 13.0 Å². The first-order chi connectivity index (χ1) is 7.68. The third-order valence-corrected chi connectivity index (χ3v) is 3.14. The maximum atomic E-state index is 12.0. The Balaban J connectivity index is 1.91. The summed E-state index contributed by atoms with van der Waals surface area (Å²) in [6, 6.07) is -0.0203. The molecule has 5 heteroatoms. The fraction of sp³-hybridized carbons (Fsp3) is 0.636. The van der Waals surface area contributed by atoms with Crippen molar-refractivity contribution in [2.24, 2.45) is 5.92 Å². The van der Waals surface area contributed by atoms with Gasteiger partial charge in [-0.2, -0.15) is 0 Å². The fourth-order valence-corrected chi connectivity index (χ4v) is 2.15. The molecule has 1 atom stereocenters. The number of aliphatic carboxylic acids is 1. The molecule has 1 fully saturated rings. The molecule has 16 heavy (non-hydrogen) atoms. The van der Waals surface area contributed by atoms with Crippen LogP contribution in [0.1, 0.15) is 12.8 Å². The highest BCUT2D eigenvalue weighted by Crippen LogP contribution is 2.18. The average Bonchev–Trinajstić information content (AvgIpc) is 2.78. The highest BCUT2D eigenvalue weighted by Gasteiger charge is 2.32. The molecular formula is C11H16N2O3. The van der Waals surface area contributed by atoms with Gasteiger partial charge in [-0.05, 0) is 12.8 Å². The Morgan fingerprint density at radius 3 is 2.56 bits per heavy atom. The quantitative estimate of drug-likeness (QED) is 0.669. The molecule has 0 aliphatic carbocycles. The van der Waals surface area contributed by atoms with Crippen LogP contribution in [0.4, 0.5) is 4.79 Å². The van der Waals surface area contributed by atoms with Crippen LogP contribution in [0.15, 0.2) is 12.2 Å². The molecule has 2 heterocycles. The monoisotopic (exact) mass is 224 g/mol. The molecule has 0 radical (unpaired) electrons. The van der Waals surface area contributed by atoms with E-state index >= 15 is 0 Å². The number of likely N-dealkylation sites (tertiary alicyclic amines) is 1. The van der Waals surface area contributed by atoms with Gasteiger partial charge < -0.3 is 14.9 Å². The highest BCUT2D eigenvalue weighted by atomic mass is 16.4. The van der Waals surface area contributed by atoms with Crippen molar-refractivity contribution in [3.05, 3.63) is 12.2 Å². The lowest BCUT2D eigenvalue weighted by atomic mass is 10.1. The summed E-state index contributed by atoms with van der Waals surface area (Å²) >= 11 is 0. The predicted molar refractivity (Wildman–Crippen MR) is 58.0 cm³/mol. The number of carboxylic acids is 1. The zero-order valence-electron chi connectivity index (χ0n) is 9.13. The van der Waals surface area contributed by atoms with Crippen molar-refractivity contribution in [3.8, 4) is 0 Å². The van der Waals surface area contributed by atoms with Gasteiger partial charge in [-0.25, -0.2) is 4.79 Å². The molecule has 2 rings (SSSR count). The number of carbonyl (C=O) groups excluding carboxylic acids is 1. The van der Waals surface area contributed by atoms with Crippen LogP contribution in [0.2, 0.25) is 0 Å². The molecule has 5 nitrogen and oxygen atoms in total. The highest BCUT2D eigenvalue weighted by molar-refractivity contribution is 5.77. The van der Waals surface area contributed by atoms with E-state index in [1.807, 2.05) is 6.08 Å². The molecule has 0 aromatic rings. The van der Waals surface area contributed by atoms with E-state index in [4.69, 9.17) is 5.11 Å². The van der Waals surface area contributed by atoms with Crippen LogP contribution in [0, 0.1) is 5.92 Å². The number of nitrogens with zero attached hydrogens (tertiary/aromatic N) is 2. The molecule has 1 N–H and O–H groups in total. The van der Waals surface area contributed by atoms with E-state index < -0.39 is 5.97 Å². The molecule has 1 saturated heterocycles. The third-order valence-electron chi connectivity index (χ3n) is 3.14. The van der Waals surface area contributed by atoms with E-state index in [-0.39, 0.29) is 11.9 Å². The van der Waals surface area contributed by atoms with Crippen LogP contribution in [0.25, 0.3) is 0 Å². The largest absolute Gasteiger partial charge is 0.481 e. The third kappa shape index (κ3) is 2.18. The molecule has 0 aromatic carbocycles. The summed E-state index contributed by atoms with van der Waals surface area (Å²) in [6.45, 7) is 2.31. The van der Waals surface area contributed by atoms with Crippen LogP contribution < -0.4 is 0 Å². The zero-order valence-corrected chi connectivity index (χ0v) is 9.13. The van der Waals surface area contributed by atoms with Gasteiger partial charge in [-0.15, -0.1) is 0 Å². The van der Waals surface area contributed by atoms with Crippen molar-refractivity contribution < 1.29 is 14.7 Å². The number of amides is 2. The Bertz CT molecular complexity index is 327. The summed E-state index contributed by atoms with van der Waals surface area (Å²) in [5.41, 5.74) is 0. The lowest BCUT2D eigenvalue weighted by Gasteiger charge is -2.28. The van der Waals surface area contributed by atoms with E-state index in [1.54, 1.807) is 9.80 Å². The minimum atomic E-state index is -0.797. The van der Waals surface area contributed by atoms with Crippen molar-refractivity contribution >= 4 is 12.0 Å². The number of rotatable bonds is 1. The van der Waals surface area contributed by atoms with Crippen LogP contribution in [0.3, 0.4) is 0 Å². The summed E-state index contributed by atoms with van der Waals surface area (Å²) in [7, 11) is 0. The van der Waals surface area contributed by atoms with Gasteiger partial charge in [0.15, 0.2) is 0 Å². The molecule has 2 amide bonds. The smallest absolute Gasteiger partial charge is 0.320 e. The number of hydrogen-bond donors (Lipinski definition) is 1. The molecule has 0 aromatic heterocycles. The second-order valence-corrected chi connectivity index (χ2v) is 4.26. The van der Waals surface area contributed by atoms with E-state index in [9.17, 15) is 9.59 Å². The molecular weight excluding hydrogens is 208 g/mol. The van der Waals surface area contributed by atoms with Crippen molar-refractivity contribution in [2.75, 3.05) is 26.2 Å². The topological polar surface area (TPSA) is 60.9 Å². The maximum absolute atomic E-state index is 12.0. The first-order valence-electron chi connectivity index (χ1n) is 5.60. The molecule has 88 valence electrons. The Morgan fingerprint density at radius 2 is 2.00 bits per heavy atom. The second kappa shape index (κ2) is 4.55. The molecule has 2 aliphatic rings. The summed E-state index contributed by atoms with van der Waals surface area (Å²) < 4.78 is 0. The molecule has 1 unspecified atom stereocenters. The number of urea groups is 1. The predicted octanol–water partition coefficient (Wildman–Crippen LogP) is 0.775. The lowest BCUT2D eigenvalue weighted by molar-refractivity contribution is -0.141. The van der Waals surface area contributed by atoms with Crippen LogP contribution in [-0.4, -0.2) is 53.1 Å². The van der Waals surface area contributed by atoms with Crippen molar-refractivity contribution in [1.29, 1.82) is 0 Å². The summed E-state index contributed by atoms with van der Waals surface area (Å²) in [4.78, 5) is 26.2. The van der Waals surface area contributed by atoms with E-state index in [1.165, 1.54) is 0 Å². The van der Waals surface area contributed by atoms with Gasteiger partial charge in [0.25, 0.3) is 0 Å². The Hall–Kier alpha value is -1.52. The average molecular weight is 224 g/mol. The first-order valence-corrected chi connectivity index (χ1v) is 5.60. The van der Waals surface area contributed by atoms with Gasteiger partial charge in [0.1, 0.15) is 0 Å². The normalized spacial score (nSPS) is 24.9. The number of hydrogen-bond acceptors (Lipinski definition) is 2. The minimum absolute atomic E-state index is 0.0203. The van der Waals surface area contributed by atoms with Crippen molar-refractivity contribution in [1.82, 2.24) is 9.80 Å². The molecule has 2 aliphatic heterocycles. The maximum Gasteiger partial charge on any atom is 0.320 e. The number of carboxylic acid groups (broad SMARTS) is 1. The fourth-order valence-electron chi connectivity index (χ4n) is 2.15. The van der Waals surface area contributed by atoms with E-state index in [0.29, 0.717) is 26.1 Å².